The predicted octanol–water partition coefficient (Wildman–Crippen LogP) is 4.27. The van der Waals surface area contributed by atoms with Gasteiger partial charge in [-0.3, -0.25) is 9.59 Å². The average Bonchev–Trinajstić information content (AvgIpc) is 3.54. The Hall–Kier alpha value is -5.08. The van der Waals surface area contributed by atoms with Gasteiger partial charge in [0.15, 0.2) is 0 Å². The summed E-state index contributed by atoms with van der Waals surface area (Å²) < 4.78 is 26.1. The maximum absolute atomic E-state index is 14.9. The number of hydrogen-bond acceptors (Lipinski definition) is 7. The summed E-state index contributed by atoms with van der Waals surface area (Å²) in [5, 5.41) is 16.6. The molecule has 11 heteroatoms. The van der Waals surface area contributed by atoms with Gasteiger partial charge in [0.05, 0.1) is 31.8 Å². The molecule has 0 atom stereocenters. The topological polar surface area (TPSA) is 121 Å². The number of nitriles is 1. The molecule has 2 heterocycles. The summed E-state index contributed by atoms with van der Waals surface area (Å²) >= 11 is 0. The number of nitrogens with one attached hydrogen (secondary N) is 1. The fraction of sp³-hybridized carbons (Fsp3) is 0.281. The van der Waals surface area contributed by atoms with Crippen molar-refractivity contribution in [2.75, 3.05) is 45.9 Å². The first-order valence-corrected chi connectivity index (χ1v) is 14.2. The van der Waals surface area contributed by atoms with Crippen molar-refractivity contribution in [3.63, 3.8) is 0 Å². The highest BCUT2D eigenvalue weighted by Gasteiger charge is 2.35. The summed E-state index contributed by atoms with van der Waals surface area (Å²) in [5.74, 6) is 0.0398. The van der Waals surface area contributed by atoms with Gasteiger partial charge in [-0.05, 0) is 36.4 Å². The van der Waals surface area contributed by atoms with E-state index in [-0.39, 0.29) is 40.7 Å². The molecule has 0 spiro atoms. The van der Waals surface area contributed by atoms with E-state index >= 15 is 0 Å². The van der Waals surface area contributed by atoms with Crippen LogP contribution in [0.25, 0.3) is 22.8 Å². The van der Waals surface area contributed by atoms with Gasteiger partial charge in [0.2, 0.25) is 11.7 Å². The molecular weight excluding hydrogens is 551 g/mol. The first-order valence-electron chi connectivity index (χ1n) is 14.2. The number of hydrogen-bond donors (Lipinski definition) is 1. The number of ether oxygens (including phenoxy) is 1. The SMILES string of the molecule is N#C[N+]1(CCCOc2ccc(-c3noc(-c4ccccc4)n3)c(F)c2)CCN(C(=O)CCNC(=O)c2ccccc2)CC1. The Morgan fingerprint density at radius 3 is 2.47 bits per heavy atom. The van der Waals surface area contributed by atoms with Gasteiger partial charge in [0, 0.05) is 36.6 Å². The zero-order valence-electron chi connectivity index (χ0n) is 23.6. The van der Waals surface area contributed by atoms with Gasteiger partial charge < -0.3 is 19.5 Å². The summed E-state index contributed by atoms with van der Waals surface area (Å²) in [6, 6.07) is 22.6. The Bertz CT molecular complexity index is 1580. The van der Waals surface area contributed by atoms with Crippen molar-refractivity contribution < 1.29 is 27.7 Å². The number of carbonyl (C=O) groups excluding carboxylic acids is 2. The molecule has 220 valence electrons. The van der Waals surface area contributed by atoms with Crippen LogP contribution in [-0.2, 0) is 4.79 Å². The number of nitrogens with zero attached hydrogens (tertiary/aromatic N) is 5. The number of aromatic nitrogens is 2. The Morgan fingerprint density at radius 1 is 1.05 bits per heavy atom. The Morgan fingerprint density at radius 2 is 1.77 bits per heavy atom. The Kier molecular flexibility index (Phi) is 9.39. The minimum absolute atomic E-state index is 0.0463. The van der Waals surface area contributed by atoms with Gasteiger partial charge in [-0.2, -0.15) is 4.98 Å². The van der Waals surface area contributed by atoms with Crippen molar-refractivity contribution >= 4 is 11.8 Å². The maximum Gasteiger partial charge on any atom is 0.308 e. The first-order chi connectivity index (χ1) is 21.0. The van der Waals surface area contributed by atoms with Gasteiger partial charge in [-0.15, -0.1) is 5.26 Å². The van der Waals surface area contributed by atoms with Crippen LogP contribution in [-0.4, -0.2) is 77.2 Å². The van der Waals surface area contributed by atoms with E-state index in [4.69, 9.17) is 9.26 Å². The minimum Gasteiger partial charge on any atom is -0.493 e. The molecule has 1 saturated heterocycles. The highest BCUT2D eigenvalue weighted by molar-refractivity contribution is 5.94. The standard InChI is InChI=1S/C32H31FN6O4/c33-28-22-26(12-13-27(28)30-36-32(43-37-30)25-10-5-2-6-11-25)42-21-7-18-39(23-34)19-16-38(17-20-39)29(40)14-15-35-31(41)24-8-3-1-4-9-24/h1-6,8-13,22H,7,14-21H2/p+1. The van der Waals surface area contributed by atoms with Crippen molar-refractivity contribution in [1.29, 1.82) is 5.26 Å². The molecule has 5 rings (SSSR count). The van der Waals surface area contributed by atoms with E-state index in [0.29, 0.717) is 63.0 Å². The van der Waals surface area contributed by atoms with E-state index < -0.39 is 5.82 Å². The molecule has 4 aromatic rings. The van der Waals surface area contributed by atoms with Gasteiger partial charge in [-0.25, -0.2) is 8.87 Å². The number of carbonyl (C=O) groups is 2. The number of rotatable bonds is 11. The lowest BCUT2D eigenvalue weighted by Crippen LogP contribution is -2.58. The zero-order chi connectivity index (χ0) is 30.1. The fourth-order valence-electron chi connectivity index (χ4n) is 4.96. The quantitative estimate of drug-likeness (QED) is 0.159. The second-order valence-electron chi connectivity index (χ2n) is 10.3. The third-order valence-electron chi connectivity index (χ3n) is 7.45. The number of quaternary nitrogens is 1. The highest BCUT2D eigenvalue weighted by atomic mass is 19.1. The molecule has 0 saturated carbocycles. The lowest BCUT2D eigenvalue weighted by Gasteiger charge is -2.38. The van der Waals surface area contributed by atoms with E-state index in [2.05, 4.69) is 21.7 Å². The van der Waals surface area contributed by atoms with E-state index in [9.17, 15) is 19.2 Å². The average molecular weight is 584 g/mol. The Labute approximate surface area is 248 Å². The van der Waals surface area contributed by atoms with Gasteiger partial charge >= 0.3 is 6.19 Å². The monoisotopic (exact) mass is 583 g/mol. The second-order valence-corrected chi connectivity index (χ2v) is 10.3. The van der Waals surface area contributed by atoms with E-state index in [1.807, 2.05) is 36.4 Å². The second kappa shape index (κ2) is 13.7. The van der Waals surface area contributed by atoms with Crippen LogP contribution in [0.3, 0.4) is 0 Å². The molecule has 0 bridgehead atoms. The molecule has 1 aliphatic rings. The van der Waals surface area contributed by atoms with Crippen LogP contribution >= 0.6 is 0 Å². The van der Waals surface area contributed by atoms with Crippen molar-refractivity contribution in [1.82, 2.24) is 20.4 Å². The molecule has 1 N–H and O–H groups in total. The number of amides is 2. The molecule has 0 unspecified atom stereocenters. The zero-order valence-corrected chi connectivity index (χ0v) is 23.6. The smallest absolute Gasteiger partial charge is 0.308 e. The summed E-state index contributed by atoms with van der Waals surface area (Å²) in [4.78, 5) is 30.9. The van der Waals surface area contributed by atoms with Crippen molar-refractivity contribution in [2.45, 2.75) is 12.8 Å². The molecule has 0 aliphatic carbocycles. The Balaban J connectivity index is 1.04. The van der Waals surface area contributed by atoms with Crippen molar-refractivity contribution in [3.05, 3.63) is 90.2 Å². The van der Waals surface area contributed by atoms with Crippen molar-refractivity contribution in [3.8, 4) is 34.8 Å². The third kappa shape index (κ3) is 7.42. The van der Waals surface area contributed by atoms with E-state index in [0.717, 1.165) is 5.56 Å². The van der Waals surface area contributed by atoms with Crippen LogP contribution in [0.4, 0.5) is 4.39 Å². The molecule has 3 aromatic carbocycles. The van der Waals surface area contributed by atoms with Gasteiger partial charge in [0.25, 0.3) is 11.8 Å². The van der Waals surface area contributed by atoms with Crippen molar-refractivity contribution in [2.24, 2.45) is 0 Å². The number of piperazine rings is 1. The summed E-state index contributed by atoms with van der Waals surface area (Å²) in [5.41, 5.74) is 1.51. The lowest BCUT2D eigenvalue weighted by atomic mass is 10.2. The highest BCUT2D eigenvalue weighted by Crippen LogP contribution is 2.27. The van der Waals surface area contributed by atoms with Crippen LogP contribution < -0.4 is 10.1 Å². The molecular formula is C32H32FN6O4+. The minimum atomic E-state index is -0.529. The van der Waals surface area contributed by atoms with Crippen LogP contribution in [0.5, 0.6) is 5.75 Å². The lowest BCUT2D eigenvalue weighted by molar-refractivity contribution is -0.870. The fourth-order valence-corrected chi connectivity index (χ4v) is 4.96. The maximum atomic E-state index is 14.9. The predicted molar refractivity (Wildman–Crippen MR) is 156 cm³/mol. The summed E-state index contributed by atoms with van der Waals surface area (Å²) in [6.07, 6.45) is 3.19. The number of halogens is 1. The summed E-state index contributed by atoms with van der Waals surface area (Å²) in [7, 11) is 0. The van der Waals surface area contributed by atoms with Crippen LogP contribution in [0.1, 0.15) is 23.2 Å². The molecule has 1 aromatic heterocycles. The molecule has 1 aliphatic heterocycles. The molecule has 43 heavy (non-hydrogen) atoms. The van der Waals surface area contributed by atoms with Gasteiger partial charge in [-0.1, -0.05) is 41.6 Å². The molecule has 10 nitrogen and oxygen atoms in total. The molecule has 0 radical (unpaired) electrons. The van der Waals surface area contributed by atoms with Crippen LogP contribution in [0.2, 0.25) is 0 Å². The third-order valence-corrected chi connectivity index (χ3v) is 7.45. The van der Waals surface area contributed by atoms with Gasteiger partial charge in [0.1, 0.15) is 24.7 Å². The first kappa shape index (κ1) is 29.4. The largest absolute Gasteiger partial charge is 0.493 e. The van der Waals surface area contributed by atoms with E-state index in [1.165, 1.54) is 6.07 Å². The number of benzene rings is 3. The summed E-state index contributed by atoms with van der Waals surface area (Å²) in [6.45, 7) is 3.07. The van der Waals surface area contributed by atoms with Crippen LogP contribution in [0.15, 0.2) is 83.4 Å². The molecule has 1 fully saturated rings. The normalized spacial score (nSPS) is 14.1. The molecule has 2 amide bonds. The van der Waals surface area contributed by atoms with Crippen LogP contribution in [0, 0.1) is 17.3 Å². The van der Waals surface area contributed by atoms with E-state index in [1.54, 1.807) is 41.3 Å².